The maximum Gasteiger partial charge on any atom is 0.113 e. The number of hydrogen-bond acceptors (Lipinski definition) is 2. The van der Waals surface area contributed by atoms with Gasteiger partial charge >= 0.3 is 0 Å². The molecule has 2 unspecified atom stereocenters. The van der Waals surface area contributed by atoms with E-state index in [4.69, 9.17) is 16.3 Å². The van der Waals surface area contributed by atoms with Crippen molar-refractivity contribution in [2.45, 2.75) is 31.5 Å². The fourth-order valence-corrected chi connectivity index (χ4v) is 2.49. The van der Waals surface area contributed by atoms with Gasteiger partial charge in [0, 0.05) is 24.0 Å². The molecule has 0 aliphatic carbocycles. The number of hydrogen-bond donors (Lipinski definition) is 1. The van der Waals surface area contributed by atoms with Crippen molar-refractivity contribution in [3.8, 4) is 0 Å². The highest BCUT2D eigenvalue weighted by molar-refractivity contribution is 6.30. The van der Waals surface area contributed by atoms with Gasteiger partial charge in [-0.25, -0.2) is 4.39 Å². The maximum absolute atomic E-state index is 14.5. The number of rotatable bonds is 4. The predicted octanol–water partition coefficient (Wildman–Crippen LogP) is 2.99. The molecule has 2 atom stereocenters. The lowest BCUT2D eigenvalue weighted by Crippen LogP contribution is -2.45. The van der Waals surface area contributed by atoms with Crippen LogP contribution in [0.2, 0.25) is 5.02 Å². The molecule has 18 heavy (non-hydrogen) atoms. The average molecular weight is 272 g/mol. The molecule has 1 fully saturated rings. The van der Waals surface area contributed by atoms with Gasteiger partial charge in [0.2, 0.25) is 0 Å². The molecule has 0 amide bonds. The lowest BCUT2D eigenvalue weighted by Gasteiger charge is -2.30. The summed E-state index contributed by atoms with van der Waals surface area (Å²) in [5.74, 6) is 0. The summed E-state index contributed by atoms with van der Waals surface area (Å²) in [7, 11) is 0. The number of alkyl halides is 1. The Morgan fingerprint density at radius 3 is 2.78 bits per heavy atom. The number of benzene rings is 1. The second-order valence-electron chi connectivity index (χ2n) is 5.15. The summed E-state index contributed by atoms with van der Waals surface area (Å²) in [6.45, 7) is 3.77. The number of morpholine rings is 1. The van der Waals surface area contributed by atoms with Crippen molar-refractivity contribution in [1.82, 2.24) is 5.32 Å². The molecule has 1 saturated heterocycles. The summed E-state index contributed by atoms with van der Waals surface area (Å²) in [5.41, 5.74) is -0.257. The third-order valence-corrected chi connectivity index (χ3v) is 3.41. The second kappa shape index (κ2) is 6.00. The van der Waals surface area contributed by atoms with Crippen LogP contribution in [0.25, 0.3) is 0 Å². The minimum atomic E-state index is -1.23. The Morgan fingerprint density at radius 1 is 1.44 bits per heavy atom. The predicted molar refractivity (Wildman–Crippen MR) is 71.9 cm³/mol. The minimum absolute atomic E-state index is 0.112. The Labute approximate surface area is 112 Å². The molecule has 0 spiro atoms. The van der Waals surface area contributed by atoms with Crippen LogP contribution in [0.5, 0.6) is 0 Å². The van der Waals surface area contributed by atoms with Crippen LogP contribution >= 0.6 is 11.6 Å². The van der Waals surface area contributed by atoms with Crippen LogP contribution in [0, 0.1) is 0 Å². The fourth-order valence-electron chi connectivity index (χ4n) is 2.36. The van der Waals surface area contributed by atoms with E-state index in [0.717, 1.165) is 18.7 Å². The fraction of sp³-hybridized carbons (Fsp3) is 0.571. The first-order chi connectivity index (χ1) is 8.55. The van der Waals surface area contributed by atoms with Crippen molar-refractivity contribution < 1.29 is 9.13 Å². The smallest absolute Gasteiger partial charge is 0.113 e. The molecule has 1 aromatic carbocycles. The van der Waals surface area contributed by atoms with Gasteiger partial charge in [0.05, 0.1) is 13.2 Å². The van der Waals surface area contributed by atoms with Crippen molar-refractivity contribution in [2.24, 2.45) is 0 Å². The normalized spacial score (nSPS) is 23.6. The zero-order valence-electron chi connectivity index (χ0n) is 10.6. The highest BCUT2D eigenvalue weighted by Gasteiger charge is 2.29. The summed E-state index contributed by atoms with van der Waals surface area (Å²) in [6, 6.07) is 7.47. The van der Waals surface area contributed by atoms with Crippen LogP contribution in [0.15, 0.2) is 24.3 Å². The average Bonchev–Trinajstić information content (AvgIpc) is 2.32. The summed E-state index contributed by atoms with van der Waals surface area (Å²) in [4.78, 5) is 0. The van der Waals surface area contributed by atoms with E-state index < -0.39 is 5.67 Å². The molecule has 4 heteroatoms. The quantitative estimate of drug-likeness (QED) is 0.909. The van der Waals surface area contributed by atoms with E-state index in [1.54, 1.807) is 19.1 Å². The van der Waals surface area contributed by atoms with Gasteiger partial charge in [0.1, 0.15) is 5.67 Å². The SMILES string of the molecule is CC(F)(Cc1ccc(Cl)cc1)CC1COCCN1. The first-order valence-electron chi connectivity index (χ1n) is 6.30. The molecule has 1 aliphatic rings. The monoisotopic (exact) mass is 271 g/mol. The summed E-state index contributed by atoms with van der Waals surface area (Å²) in [5, 5.41) is 3.97. The number of halogens is 2. The zero-order chi connectivity index (χ0) is 13.0. The summed E-state index contributed by atoms with van der Waals surface area (Å²) >= 11 is 5.82. The van der Waals surface area contributed by atoms with Crippen LogP contribution in [0.3, 0.4) is 0 Å². The van der Waals surface area contributed by atoms with Gasteiger partial charge in [-0.2, -0.15) is 0 Å². The van der Waals surface area contributed by atoms with Gasteiger partial charge < -0.3 is 10.1 Å². The van der Waals surface area contributed by atoms with E-state index >= 15 is 0 Å². The van der Waals surface area contributed by atoms with Crippen LogP contribution in [0.1, 0.15) is 18.9 Å². The van der Waals surface area contributed by atoms with E-state index in [-0.39, 0.29) is 6.04 Å². The third-order valence-electron chi connectivity index (χ3n) is 3.16. The van der Waals surface area contributed by atoms with E-state index in [1.807, 2.05) is 12.1 Å². The molecule has 0 bridgehead atoms. The maximum atomic E-state index is 14.5. The molecule has 100 valence electrons. The van der Waals surface area contributed by atoms with E-state index in [9.17, 15) is 4.39 Å². The van der Waals surface area contributed by atoms with Crippen LogP contribution in [-0.4, -0.2) is 31.5 Å². The lowest BCUT2D eigenvalue weighted by molar-refractivity contribution is 0.0483. The first-order valence-corrected chi connectivity index (χ1v) is 6.67. The first kappa shape index (κ1) is 13.8. The highest BCUT2D eigenvalue weighted by atomic mass is 35.5. The molecule has 0 aromatic heterocycles. The Kier molecular flexibility index (Phi) is 4.60. The molecular formula is C14H19ClFNO. The standard InChI is InChI=1S/C14H19ClFNO/c1-14(16,9-13-10-18-7-6-17-13)8-11-2-4-12(15)5-3-11/h2-5,13,17H,6-10H2,1H3. The molecule has 2 nitrogen and oxygen atoms in total. The molecule has 0 radical (unpaired) electrons. The Bertz CT molecular complexity index is 374. The molecule has 2 rings (SSSR count). The van der Waals surface area contributed by atoms with Crippen molar-refractivity contribution in [2.75, 3.05) is 19.8 Å². The van der Waals surface area contributed by atoms with Gasteiger partial charge in [0.15, 0.2) is 0 Å². The van der Waals surface area contributed by atoms with Gasteiger partial charge in [-0.3, -0.25) is 0 Å². The topological polar surface area (TPSA) is 21.3 Å². The van der Waals surface area contributed by atoms with Gasteiger partial charge in [0.25, 0.3) is 0 Å². The van der Waals surface area contributed by atoms with Crippen LogP contribution < -0.4 is 5.32 Å². The number of nitrogens with one attached hydrogen (secondary N) is 1. The minimum Gasteiger partial charge on any atom is -0.379 e. The zero-order valence-corrected chi connectivity index (χ0v) is 11.3. The summed E-state index contributed by atoms with van der Waals surface area (Å²) in [6.07, 6.45) is 0.873. The van der Waals surface area contributed by atoms with Crippen molar-refractivity contribution in [3.05, 3.63) is 34.9 Å². The van der Waals surface area contributed by atoms with Crippen molar-refractivity contribution in [3.63, 3.8) is 0 Å². The lowest BCUT2D eigenvalue weighted by atomic mass is 9.91. The molecule has 1 aromatic rings. The Hall–Kier alpha value is -0.640. The molecule has 1 aliphatic heterocycles. The van der Waals surface area contributed by atoms with Gasteiger partial charge in [-0.15, -0.1) is 0 Å². The molecule has 0 saturated carbocycles. The second-order valence-corrected chi connectivity index (χ2v) is 5.58. The van der Waals surface area contributed by atoms with Crippen LogP contribution in [-0.2, 0) is 11.2 Å². The molecule has 1 N–H and O–H groups in total. The van der Waals surface area contributed by atoms with E-state index in [1.165, 1.54) is 0 Å². The van der Waals surface area contributed by atoms with E-state index in [0.29, 0.717) is 24.5 Å². The molecule has 1 heterocycles. The Morgan fingerprint density at radius 2 is 2.17 bits per heavy atom. The van der Waals surface area contributed by atoms with Crippen molar-refractivity contribution >= 4 is 11.6 Å². The van der Waals surface area contributed by atoms with E-state index in [2.05, 4.69) is 5.32 Å². The van der Waals surface area contributed by atoms with Crippen molar-refractivity contribution in [1.29, 1.82) is 0 Å². The molecular weight excluding hydrogens is 253 g/mol. The Balaban J connectivity index is 1.91. The number of ether oxygens (including phenoxy) is 1. The van der Waals surface area contributed by atoms with Gasteiger partial charge in [-0.05, 0) is 31.0 Å². The highest BCUT2D eigenvalue weighted by Crippen LogP contribution is 2.24. The van der Waals surface area contributed by atoms with Gasteiger partial charge in [-0.1, -0.05) is 23.7 Å². The van der Waals surface area contributed by atoms with Crippen LogP contribution in [0.4, 0.5) is 4.39 Å². The third kappa shape index (κ3) is 4.23. The summed E-state index contributed by atoms with van der Waals surface area (Å²) < 4.78 is 19.9. The largest absolute Gasteiger partial charge is 0.379 e.